The van der Waals surface area contributed by atoms with Crippen molar-refractivity contribution >= 4 is 21.4 Å². The smallest absolute Gasteiger partial charge is 0.373 e. The zero-order chi connectivity index (χ0) is 17.0. The van der Waals surface area contributed by atoms with Gasteiger partial charge < -0.3 is 23.3 Å². The molecule has 4 nitrogen and oxygen atoms in total. The summed E-state index contributed by atoms with van der Waals surface area (Å²) in [7, 11) is -7.87. The molecule has 0 aromatic rings. The molecular weight excluding hydrogens is 465 g/mol. The Morgan fingerprint density at radius 2 is 1.00 bits per heavy atom. The van der Waals surface area contributed by atoms with Crippen LogP contribution in [-0.2, 0) is 72.4 Å². The average molecular weight is 466 g/mol. The summed E-state index contributed by atoms with van der Waals surface area (Å²) in [6.45, 7) is 0. The Bertz CT molecular complexity index is 515. The van der Waals surface area contributed by atoms with Crippen molar-refractivity contribution in [2.24, 2.45) is 0 Å². The minimum Gasteiger partial charge on any atom is -0.416 e. The zero-order valence-corrected chi connectivity index (χ0v) is 12.9. The van der Waals surface area contributed by atoms with Crippen LogP contribution in [0, 0.1) is 36.5 Å². The van der Waals surface area contributed by atoms with Crippen molar-refractivity contribution in [1.82, 2.24) is 0 Å². The molecule has 0 spiro atoms. The molecule has 0 atom stereocenters. The number of hydrogen-bond acceptors (Lipinski definition) is 6. The first-order valence-electron chi connectivity index (χ1n) is 3.50. The monoisotopic (exact) mass is 465 g/mol. The fraction of sp³-hybridized carbons (Fsp3) is 0.250. The van der Waals surface area contributed by atoms with E-state index in [0.29, 0.717) is 0 Å². The molecule has 0 bridgehead atoms. The van der Waals surface area contributed by atoms with E-state index in [-0.39, 0.29) is 34.1 Å². The van der Waals surface area contributed by atoms with Gasteiger partial charge in [-0.05, 0) is 5.92 Å². The standard InChI is InChI=1S/C6H.2CF3O2S.2Cu/c1-3-5-6-4-2;2*2-1(3,4)7(5)6;;/h1H;;;;/q3*-1;;. The third kappa shape index (κ3) is 31.5. The summed E-state index contributed by atoms with van der Waals surface area (Å²) in [5.41, 5.74) is -10.2. The van der Waals surface area contributed by atoms with Crippen molar-refractivity contribution in [3.63, 3.8) is 0 Å². The molecule has 0 aliphatic carbocycles. The van der Waals surface area contributed by atoms with Crippen LogP contribution >= 0.6 is 0 Å². The Labute approximate surface area is 146 Å². The molecule has 0 aliphatic rings. The maximum absolute atomic E-state index is 10.6. The molecule has 2 radical (unpaired) electrons. The topological polar surface area (TPSA) is 68.3 Å². The summed E-state index contributed by atoms with van der Waals surface area (Å²) in [6.07, 6.45) is 10.9. The summed E-state index contributed by atoms with van der Waals surface area (Å²) in [5.74, 6) is 8.15. The summed E-state index contributed by atoms with van der Waals surface area (Å²) < 4.78 is 99.0. The van der Waals surface area contributed by atoms with E-state index in [9.17, 15) is 26.3 Å². The van der Waals surface area contributed by atoms with Crippen molar-refractivity contribution in [3.8, 4) is 30.1 Å². The van der Waals surface area contributed by atoms with Gasteiger partial charge in [0.2, 0.25) is 0 Å². The molecule has 0 N–H and O–H groups in total. The summed E-state index contributed by atoms with van der Waals surface area (Å²) >= 11 is 0. The summed E-state index contributed by atoms with van der Waals surface area (Å²) in [5, 5.41) is 0. The predicted octanol–water partition coefficient (Wildman–Crippen LogP) is 1.84. The van der Waals surface area contributed by atoms with E-state index in [0.717, 1.165) is 0 Å². The molecule has 0 amide bonds. The van der Waals surface area contributed by atoms with Crippen LogP contribution in [0.15, 0.2) is 0 Å². The first kappa shape index (κ1) is 33.0. The molecule has 0 fully saturated rings. The van der Waals surface area contributed by atoms with Gasteiger partial charge in [-0.15, -0.1) is 12.3 Å². The first-order chi connectivity index (χ1) is 8.80. The second kappa shape index (κ2) is 16.6. The molecule has 0 aromatic carbocycles. The number of alkyl halides is 6. The van der Waals surface area contributed by atoms with Crippen LogP contribution in [0.25, 0.3) is 0 Å². The Morgan fingerprint density at radius 1 is 0.773 bits per heavy atom. The predicted molar refractivity (Wildman–Crippen MR) is 53.3 cm³/mol. The van der Waals surface area contributed by atoms with Crippen molar-refractivity contribution in [3.05, 3.63) is 6.42 Å². The van der Waals surface area contributed by atoms with Crippen molar-refractivity contribution < 1.29 is 77.3 Å². The molecule has 0 heterocycles. The minimum absolute atomic E-state index is 0. The third-order valence-electron chi connectivity index (χ3n) is 0.575. The molecule has 0 saturated carbocycles. The van der Waals surface area contributed by atoms with Gasteiger partial charge in [-0.2, -0.15) is 26.3 Å². The normalized spacial score (nSPS) is 8.82. The molecule has 0 rings (SSSR count). The Hall–Kier alpha value is -0.801. The third-order valence-corrected chi connectivity index (χ3v) is 1.33. The van der Waals surface area contributed by atoms with E-state index in [1.807, 2.05) is 11.8 Å². The second-order valence-corrected chi connectivity index (χ2v) is 3.74. The molecule has 14 heteroatoms. The van der Waals surface area contributed by atoms with Crippen molar-refractivity contribution in [1.29, 1.82) is 0 Å². The number of terminal acetylenes is 1. The zero-order valence-electron chi connectivity index (χ0n) is 9.40. The van der Waals surface area contributed by atoms with Crippen LogP contribution in [0.1, 0.15) is 0 Å². The van der Waals surface area contributed by atoms with Crippen LogP contribution in [0.4, 0.5) is 26.3 Å². The van der Waals surface area contributed by atoms with E-state index >= 15 is 0 Å². The minimum atomic E-state index is -5.08. The first-order valence-corrected chi connectivity index (χ1v) is 5.65. The van der Waals surface area contributed by atoms with Crippen molar-refractivity contribution in [2.75, 3.05) is 0 Å². The second-order valence-electron chi connectivity index (χ2n) is 1.88. The van der Waals surface area contributed by atoms with Gasteiger partial charge in [-0.1, -0.05) is 0 Å². The molecule has 0 saturated heterocycles. The summed E-state index contributed by atoms with van der Waals surface area (Å²) in [6, 6.07) is 0. The fourth-order valence-corrected chi connectivity index (χ4v) is 0.0673. The van der Waals surface area contributed by atoms with Crippen molar-refractivity contribution in [2.45, 2.75) is 11.0 Å². The fourth-order valence-electron chi connectivity index (χ4n) is 0.0673. The van der Waals surface area contributed by atoms with Gasteiger partial charge in [0.15, 0.2) is 0 Å². The molecule has 136 valence electrons. The molecule has 0 aromatic heterocycles. The number of halogens is 6. The van der Waals surface area contributed by atoms with Crippen LogP contribution in [0.3, 0.4) is 0 Å². The average Bonchev–Trinajstić information content (AvgIpc) is 2.25. The maximum Gasteiger partial charge on any atom is 0.373 e. The maximum atomic E-state index is 10.6. The van der Waals surface area contributed by atoms with Gasteiger partial charge in [0.05, 0.1) is 0 Å². The largest absolute Gasteiger partial charge is 0.416 e. The van der Waals surface area contributed by atoms with Gasteiger partial charge in [-0.3, -0.25) is 5.92 Å². The van der Waals surface area contributed by atoms with E-state index in [4.69, 9.17) is 23.3 Å². The Morgan fingerprint density at radius 3 is 1.05 bits per heavy atom. The number of rotatable bonds is 0. The van der Waals surface area contributed by atoms with Gasteiger partial charge in [0, 0.05) is 55.5 Å². The Kier molecular flexibility index (Phi) is 24.8. The molecule has 0 aliphatic heterocycles. The van der Waals surface area contributed by atoms with Crippen LogP contribution < -0.4 is 0 Å². The summed E-state index contributed by atoms with van der Waals surface area (Å²) in [4.78, 5) is 0. The van der Waals surface area contributed by atoms with Gasteiger partial charge in [-0.25, -0.2) is 5.92 Å². The van der Waals surface area contributed by atoms with Gasteiger partial charge >= 0.3 is 11.0 Å². The van der Waals surface area contributed by atoms with Crippen LogP contribution in [0.5, 0.6) is 0 Å². The van der Waals surface area contributed by atoms with Crippen LogP contribution in [-0.4, -0.2) is 11.0 Å². The van der Waals surface area contributed by atoms with E-state index in [2.05, 4.69) is 18.3 Å². The molecule has 0 unspecified atom stereocenters. The SMILES string of the molecule is O=[S-](=O)C(F)(F)F.O=[S-](=O)C(F)(F)F.[C-]#CC#CC#C.[Cu].[Cu]. The van der Waals surface area contributed by atoms with E-state index in [1.165, 1.54) is 0 Å². The quantitative estimate of drug-likeness (QED) is 0.180. The molecular formula is C8HCu2F6O4S2-3. The van der Waals surface area contributed by atoms with E-state index < -0.39 is 32.4 Å². The van der Waals surface area contributed by atoms with Crippen LogP contribution in [0.2, 0.25) is 0 Å². The van der Waals surface area contributed by atoms with E-state index in [1.54, 1.807) is 0 Å². The van der Waals surface area contributed by atoms with Gasteiger partial charge in [0.1, 0.15) is 0 Å². The van der Waals surface area contributed by atoms with Gasteiger partial charge in [0.25, 0.3) is 0 Å². The molecule has 22 heavy (non-hydrogen) atoms. The number of hydrogen-bond donors (Lipinski definition) is 0. The Balaban J connectivity index is -0.0000000630.